The first-order chi connectivity index (χ1) is 12.7. The van der Waals surface area contributed by atoms with Gasteiger partial charge in [-0.25, -0.2) is 13.1 Å². The molecule has 0 saturated heterocycles. The number of hydrogen-bond donors (Lipinski definition) is 1. The number of nitrogens with one attached hydrogen (secondary N) is 1. The molecule has 0 aliphatic rings. The third-order valence-corrected chi connectivity index (χ3v) is 6.19. The van der Waals surface area contributed by atoms with Crippen molar-refractivity contribution in [1.29, 1.82) is 0 Å². The van der Waals surface area contributed by atoms with Crippen LogP contribution in [-0.2, 0) is 10.0 Å². The lowest BCUT2D eigenvalue weighted by atomic mass is 10.0. The highest BCUT2D eigenvalue weighted by Gasteiger charge is 2.28. The van der Waals surface area contributed by atoms with Crippen molar-refractivity contribution in [2.24, 2.45) is 0 Å². The van der Waals surface area contributed by atoms with Gasteiger partial charge in [0.2, 0.25) is 15.8 Å². The Morgan fingerprint density at radius 1 is 1.07 bits per heavy atom. The molecule has 0 radical (unpaired) electrons. The van der Waals surface area contributed by atoms with E-state index in [9.17, 15) is 8.42 Å². The lowest BCUT2D eigenvalue weighted by Crippen LogP contribution is -2.42. The van der Waals surface area contributed by atoms with Crippen molar-refractivity contribution >= 4 is 10.0 Å². The lowest BCUT2D eigenvalue weighted by Gasteiger charge is -2.24. The van der Waals surface area contributed by atoms with Gasteiger partial charge in [0.05, 0.1) is 10.5 Å². The molecule has 0 atom stereocenters. The Morgan fingerprint density at radius 3 is 2.41 bits per heavy atom. The zero-order chi connectivity index (χ0) is 19.7. The Labute approximate surface area is 159 Å². The van der Waals surface area contributed by atoms with Crippen LogP contribution in [0.1, 0.15) is 32.8 Å². The molecule has 0 fully saturated rings. The van der Waals surface area contributed by atoms with Crippen molar-refractivity contribution < 1.29 is 12.9 Å². The molecule has 0 amide bonds. The molecule has 142 valence electrons. The topological polar surface area (TPSA) is 85.1 Å². The van der Waals surface area contributed by atoms with E-state index in [-0.39, 0.29) is 10.8 Å². The summed E-state index contributed by atoms with van der Waals surface area (Å²) in [4.78, 5) is 4.52. The van der Waals surface area contributed by atoms with Gasteiger partial charge in [0.15, 0.2) is 0 Å². The van der Waals surface area contributed by atoms with E-state index in [0.717, 1.165) is 11.1 Å². The average molecular weight is 385 g/mol. The van der Waals surface area contributed by atoms with E-state index in [1.54, 1.807) is 24.3 Å². The fourth-order valence-corrected chi connectivity index (χ4v) is 4.21. The van der Waals surface area contributed by atoms with Gasteiger partial charge in [0, 0.05) is 11.1 Å². The summed E-state index contributed by atoms with van der Waals surface area (Å²) in [6.07, 6.45) is 0.659. The summed E-state index contributed by atoms with van der Waals surface area (Å²) < 4.78 is 33.9. The Hall–Kier alpha value is -2.51. The number of aryl methyl sites for hydroxylation is 1. The Kier molecular flexibility index (Phi) is 5.17. The van der Waals surface area contributed by atoms with E-state index in [1.165, 1.54) is 0 Å². The summed E-state index contributed by atoms with van der Waals surface area (Å²) in [7, 11) is -3.75. The standard InChI is InChI=1S/C20H23N3O3S/c1-5-20(3,4)23-27(24,25)17-9-7-6-8-16(17)19-21-18(22-26-19)15-12-10-14(2)11-13-15/h6-13,23H,5H2,1-4H3. The second kappa shape index (κ2) is 7.25. The smallest absolute Gasteiger partial charge is 0.259 e. The summed E-state index contributed by atoms with van der Waals surface area (Å²) in [6, 6.07) is 14.3. The van der Waals surface area contributed by atoms with E-state index in [0.29, 0.717) is 17.8 Å². The molecular weight excluding hydrogens is 362 g/mol. The number of benzene rings is 2. The third-order valence-electron chi connectivity index (χ3n) is 4.44. The van der Waals surface area contributed by atoms with Gasteiger partial charge in [-0.15, -0.1) is 0 Å². The monoisotopic (exact) mass is 385 g/mol. The maximum Gasteiger partial charge on any atom is 0.259 e. The van der Waals surface area contributed by atoms with E-state index < -0.39 is 15.6 Å². The second-order valence-corrected chi connectivity index (χ2v) is 8.78. The van der Waals surface area contributed by atoms with E-state index in [4.69, 9.17) is 4.52 Å². The summed E-state index contributed by atoms with van der Waals surface area (Å²) in [5.41, 5.74) is 1.75. The van der Waals surface area contributed by atoms with Crippen molar-refractivity contribution in [2.75, 3.05) is 0 Å². The third kappa shape index (κ3) is 4.26. The van der Waals surface area contributed by atoms with Gasteiger partial charge >= 0.3 is 0 Å². The van der Waals surface area contributed by atoms with Crippen LogP contribution in [0.4, 0.5) is 0 Å². The van der Waals surface area contributed by atoms with Crippen LogP contribution < -0.4 is 4.72 Å². The zero-order valence-electron chi connectivity index (χ0n) is 15.9. The van der Waals surface area contributed by atoms with Crippen LogP contribution in [0.15, 0.2) is 57.9 Å². The SMILES string of the molecule is CCC(C)(C)NS(=O)(=O)c1ccccc1-c1nc(-c2ccc(C)cc2)no1. The molecule has 0 aliphatic heterocycles. The molecule has 3 rings (SSSR count). The highest BCUT2D eigenvalue weighted by Crippen LogP contribution is 2.29. The van der Waals surface area contributed by atoms with Crippen molar-refractivity contribution in [2.45, 2.75) is 44.6 Å². The zero-order valence-corrected chi connectivity index (χ0v) is 16.7. The minimum atomic E-state index is -3.75. The maximum atomic E-state index is 12.9. The minimum Gasteiger partial charge on any atom is -0.334 e. The molecule has 1 N–H and O–H groups in total. The molecule has 7 heteroatoms. The van der Waals surface area contributed by atoms with Crippen LogP contribution >= 0.6 is 0 Å². The number of hydrogen-bond acceptors (Lipinski definition) is 5. The predicted octanol–water partition coefficient (Wildman–Crippen LogP) is 4.18. The number of nitrogens with zero attached hydrogens (tertiary/aromatic N) is 2. The van der Waals surface area contributed by atoms with Crippen molar-refractivity contribution in [3.8, 4) is 22.8 Å². The first-order valence-corrected chi connectivity index (χ1v) is 10.2. The molecule has 0 unspecified atom stereocenters. The summed E-state index contributed by atoms with van der Waals surface area (Å²) >= 11 is 0. The maximum absolute atomic E-state index is 12.9. The van der Waals surface area contributed by atoms with Gasteiger partial charge in [-0.1, -0.05) is 54.0 Å². The van der Waals surface area contributed by atoms with Crippen LogP contribution in [0.5, 0.6) is 0 Å². The molecule has 0 spiro atoms. The second-order valence-electron chi connectivity index (χ2n) is 7.13. The molecule has 6 nitrogen and oxygen atoms in total. The summed E-state index contributed by atoms with van der Waals surface area (Å²) in [5, 5.41) is 4.01. The van der Waals surface area contributed by atoms with Crippen LogP contribution in [0.25, 0.3) is 22.8 Å². The quantitative estimate of drug-likeness (QED) is 0.688. The van der Waals surface area contributed by atoms with Crippen molar-refractivity contribution in [3.05, 3.63) is 54.1 Å². The van der Waals surface area contributed by atoms with Gasteiger partial charge in [0.25, 0.3) is 5.89 Å². The number of sulfonamides is 1. The molecule has 2 aromatic carbocycles. The van der Waals surface area contributed by atoms with Gasteiger partial charge in [0.1, 0.15) is 0 Å². The largest absolute Gasteiger partial charge is 0.334 e. The Morgan fingerprint density at radius 2 is 1.74 bits per heavy atom. The molecule has 0 bridgehead atoms. The van der Waals surface area contributed by atoms with E-state index in [1.807, 2.05) is 52.0 Å². The molecule has 0 aliphatic carbocycles. The fraction of sp³-hybridized carbons (Fsp3) is 0.300. The van der Waals surface area contributed by atoms with Gasteiger partial charge in [-0.2, -0.15) is 4.98 Å². The lowest BCUT2D eigenvalue weighted by molar-refractivity contribution is 0.429. The number of aromatic nitrogens is 2. The van der Waals surface area contributed by atoms with Crippen LogP contribution in [0.2, 0.25) is 0 Å². The Bertz CT molecular complexity index is 1040. The average Bonchev–Trinajstić information content (AvgIpc) is 3.11. The minimum absolute atomic E-state index is 0.116. The van der Waals surface area contributed by atoms with Gasteiger partial charge in [-0.05, 0) is 39.3 Å². The molecule has 27 heavy (non-hydrogen) atoms. The van der Waals surface area contributed by atoms with E-state index in [2.05, 4.69) is 14.9 Å². The molecule has 0 saturated carbocycles. The molecule has 3 aromatic rings. The molecular formula is C20H23N3O3S. The first-order valence-electron chi connectivity index (χ1n) is 8.76. The van der Waals surface area contributed by atoms with E-state index >= 15 is 0 Å². The van der Waals surface area contributed by atoms with Gasteiger partial charge < -0.3 is 4.52 Å². The Balaban J connectivity index is 2.01. The van der Waals surface area contributed by atoms with Crippen LogP contribution in [0, 0.1) is 6.92 Å². The summed E-state index contributed by atoms with van der Waals surface area (Å²) in [5.74, 6) is 0.583. The fourth-order valence-electron chi connectivity index (χ4n) is 2.52. The normalized spacial score (nSPS) is 12.3. The number of rotatable bonds is 6. The molecule has 1 heterocycles. The highest BCUT2D eigenvalue weighted by molar-refractivity contribution is 7.89. The highest BCUT2D eigenvalue weighted by atomic mass is 32.2. The van der Waals surface area contributed by atoms with Crippen LogP contribution in [-0.4, -0.2) is 24.1 Å². The van der Waals surface area contributed by atoms with Gasteiger partial charge in [-0.3, -0.25) is 0 Å². The van der Waals surface area contributed by atoms with Crippen molar-refractivity contribution in [1.82, 2.24) is 14.9 Å². The summed E-state index contributed by atoms with van der Waals surface area (Å²) in [6.45, 7) is 7.61. The predicted molar refractivity (Wildman–Crippen MR) is 105 cm³/mol. The first kappa shape index (κ1) is 19.3. The molecule has 1 aromatic heterocycles. The van der Waals surface area contributed by atoms with Crippen molar-refractivity contribution in [3.63, 3.8) is 0 Å². The van der Waals surface area contributed by atoms with Crippen LogP contribution in [0.3, 0.4) is 0 Å².